The summed E-state index contributed by atoms with van der Waals surface area (Å²) in [5, 5.41) is 0. The second-order valence-electron chi connectivity index (χ2n) is 0.448. The van der Waals surface area contributed by atoms with Gasteiger partial charge in [-0.15, -0.1) is 0 Å². The maximum atomic E-state index is 8.74. The minimum Gasteiger partial charge on any atom is -0.274 e. The highest BCUT2D eigenvalue weighted by Crippen LogP contribution is 1.59. The van der Waals surface area contributed by atoms with Crippen LogP contribution in [0, 0.1) is 0 Å². The van der Waals surface area contributed by atoms with Crippen LogP contribution < -0.4 is 11.7 Å². The van der Waals surface area contributed by atoms with E-state index >= 15 is 0 Å². The van der Waals surface area contributed by atoms with Crippen molar-refractivity contribution in [3.8, 4) is 0 Å². The smallest absolute Gasteiger partial charge is 0.274 e. The van der Waals surface area contributed by atoms with Gasteiger partial charge in [0.1, 0.15) is 0 Å². The second-order valence-corrected chi connectivity index (χ2v) is 1.34. The van der Waals surface area contributed by atoms with Gasteiger partial charge in [0.15, 0.2) is 17.4 Å². The predicted molar refractivity (Wildman–Crippen MR) is 32.5 cm³/mol. The SMILES string of the molecule is NN.O=S(=O)(O)O.[AlH3]. The van der Waals surface area contributed by atoms with E-state index in [9.17, 15) is 0 Å². The number of rotatable bonds is 0. The molecule has 0 aromatic carbocycles. The Morgan fingerprint density at radius 1 is 1.12 bits per heavy atom. The largest absolute Gasteiger partial charge is 0.394 e. The van der Waals surface area contributed by atoms with Gasteiger partial charge in [-0.2, -0.15) is 8.42 Å². The lowest BCUT2D eigenvalue weighted by molar-refractivity contribution is 0.381. The molecule has 8 heavy (non-hydrogen) atoms. The van der Waals surface area contributed by atoms with Gasteiger partial charge in [-0.1, -0.05) is 0 Å². The zero-order valence-corrected chi connectivity index (χ0v) is 4.09. The molecule has 0 rings (SSSR count). The Bertz CT molecular complexity index is 97.2. The fraction of sp³-hybridized carbons (Fsp3) is 0. The lowest BCUT2D eigenvalue weighted by Gasteiger charge is -1.68. The molecule has 8 heteroatoms. The Labute approximate surface area is 57.5 Å². The van der Waals surface area contributed by atoms with Crippen LogP contribution in [0.4, 0.5) is 0 Å². The van der Waals surface area contributed by atoms with Crippen molar-refractivity contribution in [1.29, 1.82) is 0 Å². The van der Waals surface area contributed by atoms with Crippen LogP contribution in [-0.2, 0) is 10.4 Å². The molecule has 0 atom stereocenters. The zero-order valence-electron chi connectivity index (χ0n) is 3.27. The highest BCUT2D eigenvalue weighted by atomic mass is 32.3. The van der Waals surface area contributed by atoms with Crippen molar-refractivity contribution < 1.29 is 17.5 Å². The standard InChI is InChI=1S/Al.H4N2.H2O4S.3H/c;1-2;1-5(2,3)4;;;/h;1-2H2;(H2,1,2,3,4);;;. The normalized spacial score (nSPS) is 8.00. The average molecular weight is 160 g/mol. The summed E-state index contributed by atoms with van der Waals surface area (Å²) in [6, 6.07) is 0. The van der Waals surface area contributed by atoms with Crippen molar-refractivity contribution in [2.75, 3.05) is 0 Å². The highest BCUT2D eigenvalue weighted by Gasteiger charge is 1.84. The average Bonchev–Trinajstić information content (AvgIpc) is 1.36. The first-order valence-corrected chi connectivity index (χ1v) is 2.43. The van der Waals surface area contributed by atoms with E-state index in [-0.39, 0.29) is 17.4 Å². The monoisotopic (exact) mass is 160 g/mol. The summed E-state index contributed by atoms with van der Waals surface area (Å²) < 4.78 is 31.6. The van der Waals surface area contributed by atoms with Gasteiger partial charge < -0.3 is 0 Å². The molecule has 0 unspecified atom stereocenters. The van der Waals surface area contributed by atoms with Crippen LogP contribution in [0.25, 0.3) is 0 Å². The minimum atomic E-state index is -4.67. The van der Waals surface area contributed by atoms with Gasteiger partial charge in [-0.3, -0.25) is 20.8 Å². The number of hydrogen-bond donors (Lipinski definition) is 4. The molecule has 6 N–H and O–H groups in total. The molecule has 52 valence electrons. The highest BCUT2D eigenvalue weighted by molar-refractivity contribution is 7.79. The van der Waals surface area contributed by atoms with Crippen LogP contribution in [0.5, 0.6) is 0 Å². The molecule has 0 aliphatic rings. The zero-order chi connectivity index (χ0) is 6.50. The van der Waals surface area contributed by atoms with Crippen molar-refractivity contribution in [2.45, 2.75) is 0 Å². The maximum Gasteiger partial charge on any atom is 0.394 e. The molecular formula is H9AlN2O4S. The molecule has 0 aromatic rings. The fourth-order valence-electron chi connectivity index (χ4n) is 0. The van der Waals surface area contributed by atoms with Crippen LogP contribution in [0.2, 0.25) is 0 Å². The molecule has 0 bridgehead atoms. The summed E-state index contributed by atoms with van der Waals surface area (Å²) in [5.41, 5.74) is 0. The second kappa shape index (κ2) is 7.32. The Kier molecular flexibility index (Phi) is 14.4. The summed E-state index contributed by atoms with van der Waals surface area (Å²) in [6.07, 6.45) is 0. The summed E-state index contributed by atoms with van der Waals surface area (Å²) in [4.78, 5) is 0. The van der Waals surface area contributed by atoms with E-state index in [1.54, 1.807) is 0 Å². The number of hydrazine groups is 1. The van der Waals surface area contributed by atoms with E-state index in [4.69, 9.17) is 17.5 Å². The summed E-state index contributed by atoms with van der Waals surface area (Å²) in [5.74, 6) is 8.00. The summed E-state index contributed by atoms with van der Waals surface area (Å²) >= 11 is 0. The molecule has 0 aliphatic heterocycles. The van der Waals surface area contributed by atoms with Gasteiger partial charge in [0.05, 0.1) is 0 Å². The molecule has 0 aromatic heterocycles. The van der Waals surface area contributed by atoms with Gasteiger partial charge in [0.2, 0.25) is 0 Å². The molecule has 6 nitrogen and oxygen atoms in total. The third-order valence-electron chi connectivity index (χ3n) is 0. The Balaban J connectivity index is -0.0000000750. The summed E-state index contributed by atoms with van der Waals surface area (Å²) in [6.45, 7) is 0. The Morgan fingerprint density at radius 3 is 1.12 bits per heavy atom. The van der Waals surface area contributed by atoms with Gasteiger partial charge in [0, 0.05) is 0 Å². The number of nitrogens with two attached hydrogens (primary N) is 2. The fourth-order valence-corrected chi connectivity index (χ4v) is 0. The molecule has 0 saturated heterocycles. The molecule has 0 heterocycles. The van der Waals surface area contributed by atoms with E-state index in [1.807, 2.05) is 0 Å². The molecule has 0 spiro atoms. The van der Waals surface area contributed by atoms with E-state index in [1.165, 1.54) is 0 Å². The van der Waals surface area contributed by atoms with Crippen molar-refractivity contribution in [1.82, 2.24) is 0 Å². The minimum absolute atomic E-state index is 0. The summed E-state index contributed by atoms with van der Waals surface area (Å²) in [7, 11) is -4.67. The third kappa shape index (κ3) is 1720. The van der Waals surface area contributed by atoms with Gasteiger partial charge in [0.25, 0.3) is 0 Å². The molecule has 0 saturated carbocycles. The van der Waals surface area contributed by atoms with Crippen LogP contribution in [0.15, 0.2) is 0 Å². The van der Waals surface area contributed by atoms with E-state index in [0.29, 0.717) is 0 Å². The topological polar surface area (TPSA) is 127 Å². The first-order valence-electron chi connectivity index (χ1n) is 1.03. The molecule has 0 fully saturated rings. The lowest BCUT2D eigenvalue weighted by atomic mass is 13.0. The maximum absolute atomic E-state index is 8.74. The van der Waals surface area contributed by atoms with Gasteiger partial charge >= 0.3 is 10.4 Å². The lowest BCUT2D eigenvalue weighted by Crippen LogP contribution is -2.02. The van der Waals surface area contributed by atoms with Crippen LogP contribution in [0.3, 0.4) is 0 Å². The van der Waals surface area contributed by atoms with Crippen molar-refractivity contribution in [3.05, 3.63) is 0 Å². The number of hydrogen-bond acceptors (Lipinski definition) is 4. The van der Waals surface area contributed by atoms with Crippen LogP contribution in [-0.4, -0.2) is 34.9 Å². The molecule has 0 aliphatic carbocycles. The predicted octanol–water partition coefficient (Wildman–Crippen LogP) is -3.02. The van der Waals surface area contributed by atoms with Gasteiger partial charge in [-0.25, -0.2) is 0 Å². The van der Waals surface area contributed by atoms with Crippen molar-refractivity contribution in [2.24, 2.45) is 11.7 Å². The van der Waals surface area contributed by atoms with Gasteiger partial charge in [-0.05, 0) is 0 Å². The first-order chi connectivity index (χ1) is 3.00. The first kappa shape index (κ1) is 15.8. The molecule has 0 amide bonds. The Hall–Kier alpha value is 0.322. The van der Waals surface area contributed by atoms with Crippen LogP contribution >= 0.6 is 0 Å². The Morgan fingerprint density at radius 2 is 1.12 bits per heavy atom. The van der Waals surface area contributed by atoms with E-state index in [2.05, 4.69) is 11.7 Å². The molecular weight excluding hydrogens is 151 g/mol. The van der Waals surface area contributed by atoms with Crippen LogP contribution in [0.1, 0.15) is 0 Å². The van der Waals surface area contributed by atoms with E-state index < -0.39 is 10.4 Å². The van der Waals surface area contributed by atoms with Crippen molar-refractivity contribution >= 4 is 27.8 Å². The molecule has 0 radical (unpaired) electrons. The van der Waals surface area contributed by atoms with E-state index in [0.717, 1.165) is 0 Å². The quantitative estimate of drug-likeness (QED) is 0.129. The third-order valence-corrected chi connectivity index (χ3v) is 0. The van der Waals surface area contributed by atoms with Crippen molar-refractivity contribution in [3.63, 3.8) is 0 Å².